The van der Waals surface area contributed by atoms with Crippen molar-refractivity contribution in [1.29, 1.82) is 0 Å². The fourth-order valence-electron chi connectivity index (χ4n) is 5.84. The molecule has 2 saturated heterocycles. The molecule has 5 rings (SSSR count). The summed E-state index contributed by atoms with van der Waals surface area (Å²) in [7, 11) is 1.58. The van der Waals surface area contributed by atoms with Crippen LogP contribution in [0.5, 0.6) is 0 Å². The Morgan fingerprint density at radius 3 is 2.34 bits per heavy atom. The van der Waals surface area contributed by atoms with Crippen molar-refractivity contribution in [2.24, 2.45) is 11.3 Å². The van der Waals surface area contributed by atoms with Gasteiger partial charge < -0.3 is 14.5 Å². The van der Waals surface area contributed by atoms with Gasteiger partial charge in [0.1, 0.15) is 5.82 Å². The second-order valence-corrected chi connectivity index (χ2v) is 10.2. The van der Waals surface area contributed by atoms with Crippen molar-refractivity contribution < 1.29 is 18.7 Å². The number of nitrogens with zero attached hydrogens (tertiary/aromatic N) is 3. The minimum absolute atomic E-state index is 0.00601. The number of likely N-dealkylation sites (tertiary alicyclic amines) is 1. The van der Waals surface area contributed by atoms with E-state index in [9.17, 15) is 14.0 Å². The Labute approximate surface area is 206 Å². The summed E-state index contributed by atoms with van der Waals surface area (Å²) in [6, 6.07) is 16.3. The van der Waals surface area contributed by atoms with Crippen LogP contribution in [0.2, 0.25) is 0 Å². The van der Waals surface area contributed by atoms with E-state index in [-0.39, 0.29) is 29.0 Å². The Balaban J connectivity index is 1.10. The largest absolute Gasteiger partial charge is 0.367 e. The standard InChI is InChI=1S/C28H34FN3O3/c1-35-25(22-7-3-2-4-8-22)27(34)31-12-10-28(11-13-31)19-24(28)26(33)32-16-14-30(15-17-32)20-21-6-5-9-23(29)18-21/h2-9,18,24-25H,10-17,19-20H2,1H3/t24-,25-/m0/s1. The van der Waals surface area contributed by atoms with Crippen LogP contribution in [0.1, 0.15) is 36.5 Å². The molecular weight excluding hydrogens is 445 g/mol. The Bertz CT molecular complexity index is 1050. The van der Waals surface area contributed by atoms with Gasteiger partial charge >= 0.3 is 0 Å². The molecule has 35 heavy (non-hydrogen) atoms. The monoisotopic (exact) mass is 479 g/mol. The highest BCUT2D eigenvalue weighted by Gasteiger charge is 2.59. The third-order valence-electron chi connectivity index (χ3n) is 8.10. The predicted octanol–water partition coefficient (Wildman–Crippen LogP) is 3.49. The van der Waals surface area contributed by atoms with Gasteiger partial charge in [0.15, 0.2) is 6.10 Å². The number of hydrogen-bond acceptors (Lipinski definition) is 4. The Morgan fingerprint density at radius 1 is 0.971 bits per heavy atom. The van der Waals surface area contributed by atoms with Crippen LogP contribution in [0, 0.1) is 17.2 Å². The number of piperidine rings is 1. The molecule has 0 radical (unpaired) electrons. The molecule has 2 aromatic carbocycles. The van der Waals surface area contributed by atoms with Crippen molar-refractivity contribution in [2.45, 2.75) is 31.9 Å². The van der Waals surface area contributed by atoms with Crippen molar-refractivity contribution in [2.75, 3.05) is 46.4 Å². The quantitative estimate of drug-likeness (QED) is 0.637. The molecule has 0 unspecified atom stereocenters. The zero-order chi connectivity index (χ0) is 24.4. The second kappa shape index (κ2) is 10.1. The summed E-state index contributed by atoms with van der Waals surface area (Å²) in [5.41, 5.74) is 1.90. The van der Waals surface area contributed by atoms with Gasteiger partial charge in [-0.25, -0.2) is 4.39 Å². The first-order valence-corrected chi connectivity index (χ1v) is 12.6. The first-order valence-electron chi connectivity index (χ1n) is 12.6. The van der Waals surface area contributed by atoms with Gasteiger partial charge in [0.25, 0.3) is 5.91 Å². The zero-order valence-electron chi connectivity index (χ0n) is 20.4. The Morgan fingerprint density at radius 2 is 1.69 bits per heavy atom. The van der Waals surface area contributed by atoms with Crippen molar-refractivity contribution in [1.82, 2.24) is 14.7 Å². The van der Waals surface area contributed by atoms with Crippen LogP contribution in [0.4, 0.5) is 4.39 Å². The molecular formula is C28H34FN3O3. The molecule has 7 heteroatoms. The van der Waals surface area contributed by atoms with E-state index in [4.69, 9.17) is 4.74 Å². The minimum Gasteiger partial charge on any atom is -0.367 e. The highest BCUT2D eigenvalue weighted by Crippen LogP contribution is 2.60. The lowest BCUT2D eigenvalue weighted by Gasteiger charge is -2.37. The highest BCUT2D eigenvalue weighted by molar-refractivity contribution is 5.84. The molecule has 2 aliphatic heterocycles. The molecule has 0 bridgehead atoms. The third-order valence-corrected chi connectivity index (χ3v) is 8.10. The number of benzene rings is 2. The molecule has 3 aliphatic rings. The van der Waals surface area contributed by atoms with Gasteiger partial charge in [-0.05, 0) is 47.9 Å². The molecule has 2 aromatic rings. The lowest BCUT2D eigenvalue weighted by atomic mass is 9.90. The lowest BCUT2D eigenvalue weighted by molar-refractivity contribution is -0.144. The van der Waals surface area contributed by atoms with Crippen molar-refractivity contribution in [3.05, 3.63) is 71.5 Å². The van der Waals surface area contributed by atoms with Gasteiger partial charge in [-0.1, -0.05) is 42.5 Å². The lowest BCUT2D eigenvalue weighted by Crippen LogP contribution is -2.49. The molecule has 0 aromatic heterocycles. The molecule has 2 amide bonds. The molecule has 1 aliphatic carbocycles. The molecule has 186 valence electrons. The Hall–Kier alpha value is -2.77. The molecule has 2 heterocycles. The number of carbonyl (C=O) groups is 2. The second-order valence-electron chi connectivity index (χ2n) is 10.2. The summed E-state index contributed by atoms with van der Waals surface area (Å²) in [6.45, 7) is 5.12. The van der Waals surface area contributed by atoms with E-state index >= 15 is 0 Å². The van der Waals surface area contributed by atoms with Crippen LogP contribution in [0.3, 0.4) is 0 Å². The number of piperazine rings is 1. The van der Waals surface area contributed by atoms with Gasteiger partial charge in [0.05, 0.1) is 0 Å². The van der Waals surface area contributed by atoms with Crippen molar-refractivity contribution >= 4 is 11.8 Å². The maximum absolute atomic E-state index is 13.5. The maximum Gasteiger partial charge on any atom is 0.256 e. The maximum atomic E-state index is 13.5. The van der Waals surface area contributed by atoms with E-state index in [0.717, 1.165) is 56.6 Å². The van der Waals surface area contributed by atoms with E-state index in [1.807, 2.05) is 46.2 Å². The number of carbonyl (C=O) groups excluding carboxylic acids is 2. The van der Waals surface area contributed by atoms with Crippen molar-refractivity contribution in [3.63, 3.8) is 0 Å². The average molecular weight is 480 g/mol. The van der Waals surface area contributed by atoms with E-state index in [0.29, 0.717) is 19.6 Å². The zero-order valence-corrected chi connectivity index (χ0v) is 20.4. The molecule has 6 nitrogen and oxygen atoms in total. The smallest absolute Gasteiger partial charge is 0.256 e. The van der Waals surface area contributed by atoms with Crippen LogP contribution in [0.25, 0.3) is 0 Å². The van der Waals surface area contributed by atoms with Crippen molar-refractivity contribution in [3.8, 4) is 0 Å². The number of ether oxygens (including phenoxy) is 1. The van der Waals surface area contributed by atoms with Gasteiger partial charge in [-0.2, -0.15) is 0 Å². The minimum atomic E-state index is -0.578. The number of rotatable bonds is 6. The number of methoxy groups -OCH3 is 1. The van der Waals surface area contributed by atoms with Crippen LogP contribution in [0.15, 0.2) is 54.6 Å². The fourth-order valence-corrected chi connectivity index (χ4v) is 5.84. The van der Waals surface area contributed by atoms with E-state index in [1.165, 1.54) is 6.07 Å². The highest BCUT2D eigenvalue weighted by atomic mass is 19.1. The van der Waals surface area contributed by atoms with Crippen LogP contribution in [-0.2, 0) is 20.9 Å². The Kier molecular flexibility index (Phi) is 6.89. The first-order chi connectivity index (χ1) is 17.0. The summed E-state index contributed by atoms with van der Waals surface area (Å²) in [4.78, 5) is 32.6. The van der Waals surface area contributed by atoms with E-state index in [1.54, 1.807) is 19.2 Å². The number of amides is 2. The summed E-state index contributed by atoms with van der Waals surface area (Å²) in [5.74, 6) is 0.156. The third kappa shape index (κ3) is 5.11. The topological polar surface area (TPSA) is 53.1 Å². The fraction of sp³-hybridized carbons (Fsp3) is 0.500. The number of hydrogen-bond donors (Lipinski definition) is 0. The molecule has 1 spiro atoms. The summed E-state index contributed by atoms with van der Waals surface area (Å²) in [5, 5.41) is 0. The summed E-state index contributed by atoms with van der Waals surface area (Å²) in [6.07, 6.45) is 2.11. The van der Waals surface area contributed by atoms with Crippen LogP contribution < -0.4 is 0 Å². The SMILES string of the molecule is CO[C@H](C(=O)N1CCC2(CC1)C[C@H]2C(=O)N1CCN(Cc2cccc(F)c2)CC1)c1ccccc1. The molecule has 3 fully saturated rings. The average Bonchev–Trinajstić information content (AvgIpc) is 3.58. The van der Waals surface area contributed by atoms with Crippen LogP contribution >= 0.6 is 0 Å². The van der Waals surface area contributed by atoms with E-state index in [2.05, 4.69) is 4.90 Å². The van der Waals surface area contributed by atoms with Gasteiger partial charge in [0.2, 0.25) is 5.91 Å². The van der Waals surface area contributed by atoms with Gasteiger partial charge in [-0.3, -0.25) is 14.5 Å². The predicted molar refractivity (Wildman–Crippen MR) is 131 cm³/mol. The summed E-state index contributed by atoms with van der Waals surface area (Å²) < 4.78 is 19.0. The van der Waals surface area contributed by atoms with Gasteiger partial charge in [-0.15, -0.1) is 0 Å². The van der Waals surface area contributed by atoms with E-state index < -0.39 is 6.10 Å². The summed E-state index contributed by atoms with van der Waals surface area (Å²) >= 11 is 0. The first kappa shape index (κ1) is 23.9. The molecule has 0 N–H and O–H groups in total. The van der Waals surface area contributed by atoms with Gasteiger partial charge in [0, 0.05) is 58.8 Å². The normalized spacial score (nSPS) is 22.7. The number of halogens is 1. The molecule has 1 saturated carbocycles. The van der Waals surface area contributed by atoms with Crippen LogP contribution in [-0.4, -0.2) is 72.9 Å². The molecule has 2 atom stereocenters.